The van der Waals surface area contributed by atoms with E-state index in [1.54, 1.807) is 12.1 Å². The molecule has 1 rings (SSSR count). The van der Waals surface area contributed by atoms with Gasteiger partial charge >= 0.3 is 0 Å². The number of amides is 1. The molecular formula is C14H21NO2. The van der Waals surface area contributed by atoms with Crippen molar-refractivity contribution in [2.75, 3.05) is 6.61 Å². The van der Waals surface area contributed by atoms with Crippen molar-refractivity contribution in [3.05, 3.63) is 29.8 Å². The molecule has 0 aliphatic heterocycles. The molecule has 0 fully saturated rings. The van der Waals surface area contributed by atoms with Gasteiger partial charge in [-0.15, -0.1) is 0 Å². The Morgan fingerprint density at radius 1 is 1.29 bits per heavy atom. The van der Waals surface area contributed by atoms with Gasteiger partial charge in [0.1, 0.15) is 5.75 Å². The molecular weight excluding hydrogens is 214 g/mol. The summed E-state index contributed by atoms with van der Waals surface area (Å²) in [7, 11) is 0. The highest BCUT2D eigenvalue weighted by molar-refractivity contribution is 5.94. The fourth-order valence-electron chi connectivity index (χ4n) is 1.66. The van der Waals surface area contributed by atoms with Crippen molar-refractivity contribution in [1.29, 1.82) is 0 Å². The molecule has 0 aliphatic rings. The van der Waals surface area contributed by atoms with Crippen LogP contribution in [0.15, 0.2) is 24.3 Å². The van der Waals surface area contributed by atoms with Crippen LogP contribution in [-0.2, 0) is 0 Å². The lowest BCUT2D eigenvalue weighted by Gasteiger charge is -2.15. The predicted octanol–water partition coefficient (Wildman–Crippen LogP) is 3.00. The van der Waals surface area contributed by atoms with Gasteiger partial charge in [-0.25, -0.2) is 0 Å². The number of ether oxygens (including phenoxy) is 1. The van der Waals surface area contributed by atoms with Crippen molar-refractivity contribution < 1.29 is 9.53 Å². The first-order chi connectivity index (χ1) is 8.21. The molecule has 1 N–H and O–H groups in total. The number of rotatable bonds is 6. The van der Waals surface area contributed by atoms with Crippen LogP contribution in [0.2, 0.25) is 0 Å². The highest BCUT2D eigenvalue weighted by Crippen LogP contribution is 2.13. The molecule has 0 unspecified atom stereocenters. The third-order valence-corrected chi connectivity index (χ3v) is 2.73. The lowest BCUT2D eigenvalue weighted by molar-refractivity contribution is 0.0934. The number of hydrogen-bond acceptors (Lipinski definition) is 2. The van der Waals surface area contributed by atoms with Crippen LogP contribution in [0.1, 0.15) is 44.0 Å². The average Bonchev–Trinajstić information content (AvgIpc) is 2.36. The monoisotopic (exact) mass is 235 g/mol. The van der Waals surface area contributed by atoms with Crippen molar-refractivity contribution >= 4 is 5.91 Å². The summed E-state index contributed by atoms with van der Waals surface area (Å²) in [6.45, 7) is 6.69. The number of nitrogens with one attached hydrogen (secondary N) is 1. The van der Waals surface area contributed by atoms with Gasteiger partial charge in [-0.05, 0) is 38.0 Å². The van der Waals surface area contributed by atoms with Crippen molar-refractivity contribution in [2.24, 2.45) is 0 Å². The zero-order valence-corrected chi connectivity index (χ0v) is 10.8. The summed E-state index contributed by atoms with van der Waals surface area (Å²) in [6, 6.07) is 7.53. The number of hydrogen-bond donors (Lipinski definition) is 1. The molecule has 0 spiro atoms. The third-order valence-electron chi connectivity index (χ3n) is 2.73. The summed E-state index contributed by atoms with van der Waals surface area (Å²) in [6.07, 6.45) is 1.90. The van der Waals surface area contributed by atoms with Crippen LogP contribution in [0.5, 0.6) is 5.75 Å². The number of benzene rings is 1. The van der Waals surface area contributed by atoms with E-state index in [0.29, 0.717) is 12.2 Å². The zero-order valence-electron chi connectivity index (χ0n) is 10.8. The summed E-state index contributed by atoms with van der Waals surface area (Å²) in [5, 5.41) is 3.01. The van der Waals surface area contributed by atoms with Crippen LogP contribution in [0.4, 0.5) is 0 Å². The Hall–Kier alpha value is -1.51. The smallest absolute Gasteiger partial charge is 0.251 e. The highest BCUT2D eigenvalue weighted by atomic mass is 16.5. The molecule has 17 heavy (non-hydrogen) atoms. The second-order valence-electron chi connectivity index (χ2n) is 3.95. The van der Waals surface area contributed by atoms with Gasteiger partial charge in [-0.3, -0.25) is 4.79 Å². The first-order valence-corrected chi connectivity index (χ1v) is 6.24. The van der Waals surface area contributed by atoms with Crippen LogP contribution < -0.4 is 10.1 Å². The van der Waals surface area contributed by atoms with E-state index >= 15 is 0 Å². The van der Waals surface area contributed by atoms with Gasteiger partial charge in [0.25, 0.3) is 5.91 Å². The maximum Gasteiger partial charge on any atom is 0.251 e. The van der Waals surface area contributed by atoms with E-state index in [2.05, 4.69) is 19.2 Å². The van der Waals surface area contributed by atoms with Gasteiger partial charge in [0.05, 0.1) is 6.61 Å². The van der Waals surface area contributed by atoms with Crippen molar-refractivity contribution in [3.63, 3.8) is 0 Å². The minimum absolute atomic E-state index is 0.0275. The van der Waals surface area contributed by atoms with Gasteiger partial charge in [-0.1, -0.05) is 19.9 Å². The summed E-state index contributed by atoms with van der Waals surface area (Å²) in [5.41, 5.74) is 0.655. The Labute approximate surface area is 103 Å². The molecule has 1 aromatic rings. The molecule has 0 atom stereocenters. The molecule has 1 aromatic carbocycles. The van der Waals surface area contributed by atoms with Crippen LogP contribution in [0.25, 0.3) is 0 Å². The minimum atomic E-state index is -0.0275. The Kier molecular flexibility index (Phi) is 5.53. The quantitative estimate of drug-likeness (QED) is 0.823. The first-order valence-electron chi connectivity index (χ1n) is 6.24. The fourth-order valence-corrected chi connectivity index (χ4v) is 1.66. The van der Waals surface area contributed by atoms with E-state index in [1.807, 2.05) is 19.1 Å². The van der Waals surface area contributed by atoms with Crippen molar-refractivity contribution in [3.8, 4) is 5.75 Å². The molecule has 0 radical (unpaired) electrons. The molecule has 0 saturated carbocycles. The Morgan fingerprint density at radius 2 is 2.00 bits per heavy atom. The molecule has 3 nitrogen and oxygen atoms in total. The second-order valence-corrected chi connectivity index (χ2v) is 3.95. The van der Waals surface area contributed by atoms with E-state index in [4.69, 9.17) is 4.74 Å². The summed E-state index contributed by atoms with van der Waals surface area (Å²) < 4.78 is 5.37. The van der Waals surface area contributed by atoms with Crippen molar-refractivity contribution in [2.45, 2.75) is 39.7 Å². The summed E-state index contributed by atoms with van der Waals surface area (Å²) in [5.74, 6) is 0.713. The highest BCUT2D eigenvalue weighted by Gasteiger charge is 2.10. The normalized spacial score (nSPS) is 10.4. The molecule has 0 heterocycles. The van der Waals surface area contributed by atoms with E-state index in [1.165, 1.54) is 0 Å². The molecule has 0 aliphatic carbocycles. The Balaban J connectivity index is 2.71. The predicted molar refractivity (Wildman–Crippen MR) is 69.4 cm³/mol. The van der Waals surface area contributed by atoms with E-state index in [9.17, 15) is 4.79 Å². The van der Waals surface area contributed by atoms with Gasteiger partial charge in [-0.2, -0.15) is 0 Å². The van der Waals surface area contributed by atoms with Gasteiger partial charge < -0.3 is 10.1 Å². The summed E-state index contributed by atoms with van der Waals surface area (Å²) in [4.78, 5) is 12.0. The van der Waals surface area contributed by atoms with Gasteiger partial charge in [0.15, 0.2) is 0 Å². The van der Waals surface area contributed by atoms with Crippen molar-refractivity contribution in [1.82, 2.24) is 5.32 Å². The molecule has 94 valence electrons. The van der Waals surface area contributed by atoms with Crippen LogP contribution in [-0.4, -0.2) is 18.6 Å². The molecule has 0 saturated heterocycles. The maximum absolute atomic E-state index is 12.0. The zero-order chi connectivity index (χ0) is 12.7. The van der Waals surface area contributed by atoms with Gasteiger partial charge in [0.2, 0.25) is 0 Å². The lowest BCUT2D eigenvalue weighted by atomic mass is 10.1. The minimum Gasteiger partial charge on any atom is -0.494 e. The standard InChI is InChI=1S/C14H21NO2/c1-4-12(5-2)15-14(16)11-8-7-9-13(10-11)17-6-3/h7-10,12H,4-6H2,1-3H3,(H,15,16). The fraction of sp³-hybridized carbons (Fsp3) is 0.500. The van der Waals surface area contributed by atoms with Crippen LogP contribution in [0.3, 0.4) is 0 Å². The van der Waals surface area contributed by atoms with Gasteiger partial charge in [0, 0.05) is 11.6 Å². The number of carbonyl (C=O) groups excluding carboxylic acids is 1. The van der Waals surface area contributed by atoms with E-state index in [0.717, 1.165) is 18.6 Å². The van der Waals surface area contributed by atoms with Crippen LogP contribution in [0, 0.1) is 0 Å². The Bertz CT molecular complexity index is 359. The average molecular weight is 235 g/mol. The Morgan fingerprint density at radius 3 is 2.59 bits per heavy atom. The van der Waals surface area contributed by atoms with E-state index < -0.39 is 0 Å². The largest absolute Gasteiger partial charge is 0.494 e. The second kappa shape index (κ2) is 6.94. The molecule has 3 heteroatoms. The van der Waals surface area contributed by atoms with E-state index in [-0.39, 0.29) is 11.9 Å². The maximum atomic E-state index is 12.0. The number of carbonyl (C=O) groups is 1. The lowest BCUT2D eigenvalue weighted by Crippen LogP contribution is -2.33. The first kappa shape index (κ1) is 13.6. The molecule has 1 amide bonds. The molecule has 0 aromatic heterocycles. The topological polar surface area (TPSA) is 38.3 Å². The third kappa shape index (κ3) is 4.10. The SMILES string of the molecule is CCOc1cccc(C(=O)NC(CC)CC)c1. The molecule has 0 bridgehead atoms. The summed E-state index contributed by atoms with van der Waals surface area (Å²) >= 11 is 0. The van der Waals surface area contributed by atoms with Crippen LogP contribution >= 0.6 is 0 Å².